The number of nitrogens with zero attached hydrogens (tertiary/aromatic N) is 1. The van der Waals surface area contributed by atoms with Gasteiger partial charge in [-0.1, -0.05) is 36.8 Å². The van der Waals surface area contributed by atoms with E-state index in [2.05, 4.69) is 0 Å². The number of aliphatic hydroxyl groups excluding tert-OH is 1. The summed E-state index contributed by atoms with van der Waals surface area (Å²) in [6.07, 6.45) is 1.61. The van der Waals surface area contributed by atoms with Crippen LogP contribution in [0.1, 0.15) is 42.9 Å². The van der Waals surface area contributed by atoms with Gasteiger partial charge in [-0.15, -0.1) is 0 Å². The summed E-state index contributed by atoms with van der Waals surface area (Å²) in [7, 11) is 3.00. The van der Waals surface area contributed by atoms with Crippen LogP contribution in [-0.2, 0) is 14.4 Å². The van der Waals surface area contributed by atoms with Gasteiger partial charge in [0.25, 0.3) is 11.7 Å². The van der Waals surface area contributed by atoms with Gasteiger partial charge in [-0.05, 0) is 25.0 Å². The number of unbranched alkanes of at least 4 members (excludes halogenated alkanes) is 2. The van der Waals surface area contributed by atoms with Crippen LogP contribution in [0.3, 0.4) is 0 Å². The molecule has 0 radical (unpaired) electrons. The molecule has 1 aliphatic heterocycles. The summed E-state index contributed by atoms with van der Waals surface area (Å²) < 4.78 is 10.8. The van der Waals surface area contributed by atoms with Crippen molar-refractivity contribution in [2.45, 2.75) is 31.7 Å². The van der Waals surface area contributed by atoms with Gasteiger partial charge >= 0.3 is 5.97 Å². The molecule has 0 aliphatic carbocycles. The first kappa shape index (κ1) is 23.8. The van der Waals surface area contributed by atoms with Crippen LogP contribution in [0.2, 0.25) is 0 Å². The van der Waals surface area contributed by atoms with E-state index in [9.17, 15) is 19.5 Å². The Balaban J connectivity index is 2.05. The zero-order chi connectivity index (χ0) is 24.0. The Morgan fingerprint density at radius 1 is 0.970 bits per heavy atom. The van der Waals surface area contributed by atoms with Gasteiger partial charge in [0.15, 0.2) is 0 Å². The molecule has 3 rings (SSSR count). The minimum atomic E-state index is -0.874. The third-order valence-electron chi connectivity index (χ3n) is 5.61. The Bertz CT molecular complexity index is 1060. The summed E-state index contributed by atoms with van der Waals surface area (Å²) >= 11 is 0. The van der Waals surface area contributed by atoms with E-state index in [-0.39, 0.29) is 24.3 Å². The van der Waals surface area contributed by atoms with E-state index in [1.807, 2.05) is 0 Å². The fourth-order valence-electron chi connectivity index (χ4n) is 3.96. The van der Waals surface area contributed by atoms with Crippen LogP contribution in [0.4, 0.5) is 0 Å². The smallest absolute Gasteiger partial charge is 0.303 e. The largest absolute Gasteiger partial charge is 0.507 e. The maximum Gasteiger partial charge on any atom is 0.303 e. The molecule has 8 nitrogen and oxygen atoms in total. The number of Topliss-reactive ketones (excluding diaryl/α,β-unsaturated/α-hetero) is 1. The van der Waals surface area contributed by atoms with E-state index in [1.54, 1.807) is 48.5 Å². The van der Waals surface area contributed by atoms with Gasteiger partial charge in [0.2, 0.25) is 0 Å². The molecule has 2 aromatic carbocycles. The number of carbonyl (C=O) groups excluding carboxylic acids is 2. The number of amides is 1. The van der Waals surface area contributed by atoms with Crippen molar-refractivity contribution in [3.8, 4) is 11.5 Å². The number of hydrogen-bond acceptors (Lipinski definition) is 6. The number of ketones is 1. The molecular formula is C25H27NO7. The molecule has 1 aliphatic rings. The molecule has 1 fully saturated rings. The van der Waals surface area contributed by atoms with Crippen LogP contribution >= 0.6 is 0 Å². The number of carboxylic acids is 1. The number of ether oxygens (including phenoxy) is 2. The number of rotatable bonds is 10. The lowest BCUT2D eigenvalue weighted by atomic mass is 9.94. The molecule has 8 heteroatoms. The lowest BCUT2D eigenvalue weighted by Crippen LogP contribution is -2.31. The summed E-state index contributed by atoms with van der Waals surface area (Å²) in [5.41, 5.74) is 0.954. The third kappa shape index (κ3) is 5.16. The highest BCUT2D eigenvalue weighted by atomic mass is 16.5. The molecule has 1 heterocycles. The molecule has 1 atom stereocenters. The van der Waals surface area contributed by atoms with Crippen LogP contribution in [-0.4, -0.2) is 53.5 Å². The summed E-state index contributed by atoms with van der Waals surface area (Å²) in [6, 6.07) is 12.8. The standard InChI is InChI=1S/C25H27NO7/c1-32-17-12-13-18(19(15-17)33-2)22-21(23(29)16-9-5-3-6-10-16)24(30)25(31)26(22)14-8-4-7-11-20(27)28/h3,5-6,9-10,12-13,15,22,29H,4,7-8,11,14H2,1-2H3,(H,27,28)/b23-21+. The van der Waals surface area contributed by atoms with Crippen molar-refractivity contribution in [3.63, 3.8) is 0 Å². The Hall–Kier alpha value is -3.81. The minimum Gasteiger partial charge on any atom is -0.507 e. The molecule has 0 saturated carbocycles. The number of aliphatic hydroxyl groups is 1. The van der Waals surface area contributed by atoms with Crippen molar-refractivity contribution >= 4 is 23.4 Å². The molecule has 0 spiro atoms. The van der Waals surface area contributed by atoms with Crippen LogP contribution < -0.4 is 9.47 Å². The van der Waals surface area contributed by atoms with Crippen LogP contribution in [0, 0.1) is 0 Å². The first-order valence-electron chi connectivity index (χ1n) is 10.7. The third-order valence-corrected chi connectivity index (χ3v) is 5.61. The summed E-state index contributed by atoms with van der Waals surface area (Å²) in [5.74, 6) is -1.66. The number of benzene rings is 2. The average Bonchev–Trinajstić information content (AvgIpc) is 3.08. The highest BCUT2D eigenvalue weighted by molar-refractivity contribution is 6.46. The molecule has 33 heavy (non-hydrogen) atoms. The Labute approximate surface area is 192 Å². The molecule has 2 N–H and O–H groups in total. The summed E-state index contributed by atoms with van der Waals surface area (Å²) in [4.78, 5) is 38.2. The quantitative estimate of drug-likeness (QED) is 0.244. The number of methoxy groups -OCH3 is 2. The number of carbonyl (C=O) groups is 3. The van der Waals surface area contributed by atoms with Crippen molar-refractivity contribution in [3.05, 3.63) is 65.2 Å². The van der Waals surface area contributed by atoms with Gasteiger partial charge in [0.05, 0.1) is 25.8 Å². The molecule has 1 saturated heterocycles. The zero-order valence-electron chi connectivity index (χ0n) is 18.6. The van der Waals surface area contributed by atoms with E-state index in [0.29, 0.717) is 41.9 Å². The van der Waals surface area contributed by atoms with Gasteiger partial charge in [-0.25, -0.2) is 0 Å². The van der Waals surface area contributed by atoms with Crippen molar-refractivity contribution < 1.29 is 34.1 Å². The summed E-state index contributed by atoms with van der Waals surface area (Å²) in [5, 5.41) is 19.9. The fraction of sp³-hybridized carbons (Fsp3) is 0.320. The van der Waals surface area contributed by atoms with E-state index in [4.69, 9.17) is 14.6 Å². The SMILES string of the molecule is COc1ccc(C2/C(=C(\O)c3ccccc3)C(=O)C(=O)N2CCCCCC(=O)O)c(OC)c1. The molecular weight excluding hydrogens is 426 g/mol. The second-order valence-corrected chi connectivity index (χ2v) is 7.67. The molecule has 0 aromatic heterocycles. The van der Waals surface area contributed by atoms with Gasteiger partial charge in [-0.3, -0.25) is 14.4 Å². The molecule has 1 amide bonds. The number of carboxylic acid groups (broad SMARTS) is 1. The predicted octanol–water partition coefficient (Wildman–Crippen LogP) is 3.77. The lowest BCUT2D eigenvalue weighted by Gasteiger charge is -2.27. The van der Waals surface area contributed by atoms with Gasteiger partial charge in [0, 0.05) is 30.2 Å². The maximum absolute atomic E-state index is 13.1. The summed E-state index contributed by atoms with van der Waals surface area (Å²) in [6.45, 7) is 0.232. The first-order chi connectivity index (χ1) is 15.9. The monoisotopic (exact) mass is 453 g/mol. The van der Waals surface area contributed by atoms with E-state index < -0.39 is 23.7 Å². The van der Waals surface area contributed by atoms with Crippen LogP contribution in [0.15, 0.2) is 54.1 Å². The first-order valence-corrected chi connectivity index (χ1v) is 10.7. The normalized spacial score (nSPS) is 17.3. The van der Waals surface area contributed by atoms with E-state index in [1.165, 1.54) is 19.1 Å². The molecule has 1 unspecified atom stereocenters. The van der Waals surface area contributed by atoms with Crippen molar-refractivity contribution in [2.75, 3.05) is 20.8 Å². The lowest BCUT2D eigenvalue weighted by molar-refractivity contribution is -0.140. The van der Waals surface area contributed by atoms with Gasteiger partial charge < -0.3 is 24.6 Å². The number of hydrogen-bond donors (Lipinski definition) is 2. The number of likely N-dealkylation sites (tertiary alicyclic amines) is 1. The topological polar surface area (TPSA) is 113 Å². The van der Waals surface area contributed by atoms with E-state index >= 15 is 0 Å². The molecule has 2 aromatic rings. The van der Waals surface area contributed by atoms with Gasteiger partial charge in [0.1, 0.15) is 17.3 Å². The van der Waals surface area contributed by atoms with Crippen molar-refractivity contribution in [2.24, 2.45) is 0 Å². The second-order valence-electron chi connectivity index (χ2n) is 7.67. The highest BCUT2D eigenvalue weighted by Crippen LogP contribution is 2.43. The average molecular weight is 453 g/mol. The molecule has 174 valence electrons. The van der Waals surface area contributed by atoms with Crippen molar-refractivity contribution in [1.82, 2.24) is 4.90 Å². The Morgan fingerprint density at radius 2 is 1.70 bits per heavy atom. The van der Waals surface area contributed by atoms with Crippen LogP contribution in [0.5, 0.6) is 11.5 Å². The fourth-order valence-corrected chi connectivity index (χ4v) is 3.96. The second kappa shape index (κ2) is 10.7. The minimum absolute atomic E-state index is 0.0137. The Kier molecular flexibility index (Phi) is 7.71. The Morgan fingerprint density at radius 3 is 2.33 bits per heavy atom. The highest BCUT2D eigenvalue weighted by Gasteiger charge is 2.46. The maximum atomic E-state index is 13.1. The van der Waals surface area contributed by atoms with Gasteiger partial charge in [-0.2, -0.15) is 0 Å². The number of aliphatic carboxylic acids is 1. The molecule has 0 bridgehead atoms. The predicted molar refractivity (Wildman–Crippen MR) is 121 cm³/mol. The van der Waals surface area contributed by atoms with E-state index in [0.717, 1.165) is 0 Å². The van der Waals surface area contributed by atoms with Crippen molar-refractivity contribution in [1.29, 1.82) is 0 Å². The van der Waals surface area contributed by atoms with Crippen LogP contribution in [0.25, 0.3) is 5.76 Å². The zero-order valence-corrected chi connectivity index (χ0v) is 18.6.